The van der Waals surface area contributed by atoms with E-state index in [0.29, 0.717) is 76.4 Å². The quantitative estimate of drug-likeness (QED) is 0.0813. The minimum Gasteiger partial charge on any atom is -0.449 e. The number of thiocarbonyl (C=S) groups is 5. The highest BCUT2D eigenvalue weighted by molar-refractivity contribution is 7.91. The molecule has 7 aromatic carbocycles. The molecule has 10 fully saturated rings. The first kappa shape index (κ1) is 96.7. The minimum absolute atomic E-state index is 0.0725. The van der Waals surface area contributed by atoms with Crippen molar-refractivity contribution in [2.24, 2.45) is 0 Å². The maximum atomic E-state index is 13.5. The van der Waals surface area contributed by atoms with Crippen LogP contribution in [0.4, 0.5) is 47.6 Å². The molecular weight excluding hydrogens is 1760 g/mol. The Morgan fingerprint density at radius 3 is 0.869 bits per heavy atom. The van der Waals surface area contributed by atoms with Crippen LogP contribution in [0.25, 0.3) is 0 Å². The molecule has 5 saturated heterocycles. The van der Waals surface area contributed by atoms with Gasteiger partial charge in [0.25, 0.3) is 29.5 Å². The maximum absolute atomic E-state index is 13.5. The molecule has 31 heteroatoms. The molecule has 10 aliphatic rings. The van der Waals surface area contributed by atoms with Crippen molar-refractivity contribution >= 4 is 179 Å². The van der Waals surface area contributed by atoms with E-state index < -0.39 is 68.0 Å². The van der Waals surface area contributed by atoms with E-state index in [4.69, 9.17) is 80.0 Å². The fraction of sp³-hybridized carbons (Fsp3) is 0.434. The van der Waals surface area contributed by atoms with E-state index >= 15 is 0 Å². The minimum atomic E-state index is -3.72. The number of nitrogens with zero attached hydrogens (tertiary/aromatic N) is 10. The molecule has 130 heavy (non-hydrogen) atoms. The Bertz CT molecular complexity index is 5520. The summed E-state index contributed by atoms with van der Waals surface area (Å²) in [6, 6.07) is 57.5. The normalized spacial score (nSPS) is 19.5. The second kappa shape index (κ2) is 41.3. The molecule has 7 aromatic rings. The van der Waals surface area contributed by atoms with Gasteiger partial charge in [-0.05, 0) is 259 Å². The zero-order chi connectivity index (χ0) is 93.2. The molecule has 9 amide bonds. The third kappa shape index (κ3) is 19.6. The first-order valence-corrected chi connectivity index (χ1v) is 48.9. The standard InChI is InChI=1S/C23H24N2O3S.C22H22N2O3S.2C19H24N2O3S.C16H20N2O3S2/c1-17-10-12-19(13-11-17)25-21(29)24(20(26)23(25)14-6-3-7-15-23)22(27)28-16-18-8-4-2-5-9-18;1-16-10-12-17(13-11-16)24-20(28)23(19(25)22(24)14-6-3-7-15-22)21(26)27-18-8-4-2-5-9-18;1-13(2)24-18(23)20-16(22)19(11-5-4-6-12-19)21(17(20)25)15-9-7-14(3)8-10-15;1-3-13-24-18(23)20-16(22)19(11-5-4-6-12-19)21(17(20)25)15-9-7-14(2)8-10-15;1-12-6-8-13(9-7-12)17-15(22)18(23(2,20)21)14(19)16(17)10-4-3-5-11-16/h2,4-5,8-13H,3,6-7,14-16H2,1H3;2,4-5,8-13H,3,6-7,14-15H2,1H3;7-10,13H,4-6,11-12H2,1-3H3;7-10H,3-6,11-13H2,1-2H3;6-9H,3-5,10-11H2,1-2H3. The van der Waals surface area contributed by atoms with E-state index in [1.807, 2.05) is 219 Å². The number of hydrogen-bond acceptors (Lipinski definition) is 20. The summed E-state index contributed by atoms with van der Waals surface area (Å²) in [6.45, 7) is 15.9. The smallest absolute Gasteiger partial charge is 0.428 e. The third-order valence-electron chi connectivity index (χ3n) is 25.9. The summed E-state index contributed by atoms with van der Waals surface area (Å²) in [5.74, 6) is -1.04. The first-order chi connectivity index (χ1) is 62.2. The molecule has 5 spiro atoms. The van der Waals surface area contributed by atoms with Crippen LogP contribution in [0.15, 0.2) is 182 Å². The van der Waals surface area contributed by atoms with Crippen LogP contribution in [0, 0.1) is 34.6 Å². The summed E-state index contributed by atoms with van der Waals surface area (Å²) in [6.07, 6.45) is 20.2. The van der Waals surface area contributed by atoms with Crippen LogP contribution in [0.3, 0.4) is 0 Å². The fourth-order valence-electron chi connectivity index (χ4n) is 19.3. The number of imide groups is 4. The lowest BCUT2D eigenvalue weighted by molar-refractivity contribution is -0.131. The largest absolute Gasteiger partial charge is 0.449 e. The summed E-state index contributed by atoms with van der Waals surface area (Å²) < 4.78 is 46.4. The Hall–Kier alpha value is -10.8. The SMILES string of the molecule is CCCOC(=O)N1C(=O)C2(CCCCC2)N(c2ccc(C)cc2)C1=S.Cc1ccc(N2C(=S)N(C(=O)OC(C)C)C(=O)C23CCCCC3)cc1.Cc1ccc(N2C(=S)N(C(=O)OCc3ccccc3)C(=O)C23CCCCC3)cc1.Cc1ccc(N2C(=S)N(C(=O)Oc3ccccc3)C(=O)C23CCCCC3)cc1.Cc1ccc(N2C(=S)N(S(C)(=O)=O)C(=O)C23CCCCC3)cc1. The van der Waals surface area contributed by atoms with Gasteiger partial charge in [0.05, 0.1) is 19.0 Å². The number of para-hydroxylation sites is 1. The van der Waals surface area contributed by atoms with Gasteiger partial charge in [0, 0.05) is 28.4 Å². The molecule has 5 saturated carbocycles. The Labute approximate surface area is 789 Å². The van der Waals surface area contributed by atoms with Gasteiger partial charge in [0.1, 0.15) is 40.1 Å². The number of carbonyl (C=O) groups excluding carboxylic acids is 9. The number of carbonyl (C=O) groups is 9. The number of ether oxygens (including phenoxy) is 4. The predicted molar refractivity (Wildman–Crippen MR) is 522 cm³/mol. The molecule has 0 N–H and O–H groups in total. The molecule has 5 heterocycles. The highest BCUT2D eigenvalue weighted by atomic mass is 32.2. The van der Waals surface area contributed by atoms with Crippen molar-refractivity contribution < 1.29 is 70.5 Å². The average molecular weight is 1880 g/mol. The van der Waals surface area contributed by atoms with Gasteiger partial charge in [-0.1, -0.05) is 240 Å². The van der Waals surface area contributed by atoms with Crippen molar-refractivity contribution in [3.8, 4) is 5.75 Å². The molecule has 0 atom stereocenters. The molecular formula is C99H114N10O15S6. The second-order valence-corrected chi connectivity index (χ2v) is 39.0. The van der Waals surface area contributed by atoms with Gasteiger partial charge >= 0.3 is 24.4 Å². The molecule has 17 rings (SSSR count). The van der Waals surface area contributed by atoms with Crippen molar-refractivity contribution in [1.29, 1.82) is 0 Å². The van der Waals surface area contributed by atoms with Crippen LogP contribution in [0.1, 0.15) is 221 Å². The molecule has 686 valence electrons. The maximum Gasteiger partial charge on any atom is 0.428 e. The average Bonchev–Trinajstić information content (AvgIpc) is 1.60. The number of aryl methyl sites for hydroxylation is 5. The zero-order valence-electron chi connectivity index (χ0n) is 75.2. The van der Waals surface area contributed by atoms with Crippen LogP contribution in [-0.2, 0) is 54.8 Å². The molecule has 25 nitrogen and oxygen atoms in total. The molecule has 0 radical (unpaired) electrons. The van der Waals surface area contributed by atoms with Crippen LogP contribution in [0.2, 0.25) is 0 Å². The van der Waals surface area contributed by atoms with E-state index in [1.165, 1.54) is 0 Å². The molecule has 5 aliphatic heterocycles. The number of rotatable bonds is 12. The van der Waals surface area contributed by atoms with Gasteiger partial charge in [-0.25, -0.2) is 27.6 Å². The van der Waals surface area contributed by atoms with Gasteiger partial charge in [0.2, 0.25) is 10.0 Å². The van der Waals surface area contributed by atoms with E-state index in [-0.39, 0.29) is 68.5 Å². The van der Waals surface area contributed by atoms with E-state index in [2.05, 4.69) is 0 Å². The van der Waals surface area contributed by atoms with E-state index in [1.54, 1.807) is 43.0 Å². The monoisotopic (exact) mass is 1870 g/mol. The van der Waals surface area contributed by atoms with Gasteiger partial charge in [-0.3, -0.25) is 24.0 Å². The topological polar surface area (TPSA) is 257 Å². The number of amides is 9. The van der Waals surface area contributed by atoms with Crippen LogP contribution >= 0.6 is 61.1 Å². The lowest BCUT2D eigenvalue weighted by Gasteiger charge is -2.39. The van der Waals surface area contributed by atoms with Crippen molar-refractivity contribution in [3.63, 3.8) is 0 Å². The number of anilines is 5. The Balaban J connectivity index is 0.000000139. The van der Waals surface area contributed by atoms with E-state index in [9.17, 15) is 51.6 Å². The van der Waals surface area contributed by atoms with Crippen molar-refractivity contribution in [2.45, 2.75) is 263 Å². The van der Waals surface area contributed by atoms with Crippen molar-refractivity contribution in [3.05, 3.63) is 215 Å². The summed E-state index contributed by atoms with van der Waals surface area (Å²) in [4.78, 5) is 131. The van der Waals surface area contributed by atoms with Gasteiger partial charge in [0.15, 0.2) is 25.6 Å². The van der Waals surface area contributed by atoms with Crippen molar-refractivity contribution in [1.82, 2.24) is 23.9 Å². The Kier molecular flexibility index (Phi) is 30.7. The summed E-state index contributed by atoms with van der Waals surface area (Å²) in [5, 5.41) is 0.928. The van der Waals surface area contributed by atoms with Crippen LogP contribution in [0.5, 0.6) is 5.75 Å². The summed E-state index contributed by atoms with van der Waals surface area (Å²) in [7, 11) is -3.72. The molecule has 5 aliphatic carbocycles. The summed E-state index contributed by atoms with van der Waals surface area (Å²) in [5.41, 5.74) is 6.68. The second-order valence-electron chi connectivity index (χ2n) is 35.4. The Morgan fingerprint density at radius 2 is 0.592 bits per heavy atom. The van der Waals surface area contributed by atoms with Crippen LogP contribution < -0.4 is 29.2 Å². The highest BCUT2D eigenvalue weighted by Crippen LogP contribution is 2.50. The van der Waals surface area contributed by atoms with Gasteiger partial charge in [-0.2, -0.15) is 23.9 Å². The lowest BCUT2D eigenvalue weighted by Crippen LogP contribution is -2.51. The number of benzene rings is 7. The Morgan fingerprint density at radius 1 is 0.338 bits per heavy atom. The van der Waals surface area contributed by atoms with Gasteiger partial charge < -0.3 is 43.4 Å². The molecule has 0 aromatic heterocycles. The number of hydrogen-bond donors (Lipinski definition) is 0. The summed E-state index contributed by atoms with van der Waals surface area (Å²) >= 11 is 27.8. The first-order valence-electron chi connectivity index (χ1n) is 45.0. The zero-order valence-corrected chi connectivity index (χ0v) is 80.1. The van der Waals surface area contributed by atoms with Gasteiger partial charge in [-0.15, -0.1) is 0 Å². The predicted octanol–water partition coefficient (Wildman–Crippen LogP) is 20.7. The molecule has 0 bridgehead atoms. The fourth-order valence-corrected chi connectivity index (χ4v) is 22.7. The third-order valence-corrected chi connectivity index (χ3v) is 28.8. The molecule has 0 unspecified atom stereocenters. The highest BCUT2D eigenvalue weighted by Gasteiger charge is 2.64. The number of sulfonamides is 1. The van der Waals surface area contributed by atoms with Crippen molar-refractivity contribution in [2.75, 3.05) is 37.4 Å². The lowest BCUT2D eigenvalue weighted by atomic mass is 9.80. The van der Waals surface area contributed by atoms with Crippen LogP contribution in [-0.4, -0.2) is 158 Å². The van der Waals surface area contributed by atoms with E-state index in [0.717, 1.165) is 188 Å².